The molecule has 11 heavy (non-hydrogen) atoms. The molecule has 0 radical (unpaired) electrons. The smallest absolute Gasteiger partial charge is 0.270 e. The predicted molar refractivity (Wildman–Crippen MR) is 38.4 cm³/mol. The molecule has 0 atom stereocenters. The lowest BCUT2D eigenvalue weighted by molar-refractivity contribution is -0.136. The molecule has 64 valence electrons. The zero-order valence-corrected chi connectivity index (χ0v) is 7.57. The summed E-state index contributed by atoms with van der Waals surface area (Å²) in [6, 6.07) is 0. The fraction of sp³-hybridized carbons (Fsp3) is 0.333. The zero-order valence-electron chi connectivity index (χ0n) is 5.24. The van der Waals surface area contributed by atoms with Crippen molar-refractivity contribution in [2.24, 2.45) is 0 Å². The van der Waals surface area contributed by atoms with Crippen LogP contribution in [-0.2, 0) is 18.8 Å². The fourth-order valence-electron chi connectivity index (χ4n) is 0.223. The third-order valence-electron chi connectivity index (χ3n) is 0.781. The summed E-state index contributed by atoms with van der Waals surface area (Å²) in [6.07, 6.45) is 0. The van der Waals surface area contributed by atoms with Gasteiger partial charge in [-0.25, -0.2) is 4.31 Å². The molecule has 0 saturated carbocycles. The van der Waals surface area contributed by atoms with E-state index in [-0.39, 0.29) is 4.31 Å². The first-order valence-electron chi connectivity index (χ1n) is 2.19. The zero-order chi connectivity index (χ0) is 9.23. The quantitative estimate of drug-likeness (QED) is 0.472. The Morgan fingerprint density at radius 3 is 1.82 bits per heavy atom. The highest BCUT2D eigenvalue weighted by atomic mass is 35.7. The lowest BCUT2D eigenvalue weighted by Crippen LogP contribution is -2.33. The minimum absolute atomic E-state index is 0.0455. The maximum Gasteiger partial charge on any atom is 0.323 e. The summed E-state index contributed by atoms with van der Waals surface area (Å²) < 4.78 is 20.7. The van der Waals surface area contributed by atoms with E-state index in [0.717, 1.165) is 7.05 Å². The Labute approximate surface area is 72.4 Å². The van der Waals surface area contributed by atoms with Crippen LogP contribution in [0.3, 0.4) is 0 Å². The Morgan fingerprint density at radius 2 is 1.73 bits per heavy atom. The highest BCUT2D eigenvalue weighted by Gasteiger charge is 2.25. The molecule has 0 fully saturated rings. The summed E-state index contributed by atoms with van der Waals surface area (Å²) in [5, 5.41) is -1.41. The molecule has 0 aromatic rings. The van der Waals surface area contributed by atoms with Gasteiger partial charge in [0.25, 0.3) is 0 Å². The van der Waals surface area contributed by atoms with E-state index in [2.05, 4.69) is 22.3 Å². The van der Waals surface area contributed by atoms with E-state index in [1.807, 2.05) is 0 Å². The minimum atomic E-state index is -4.20. The Kier molecular flexibility index (Phi) is 3.28. The van der Waals surface area contributed by atoms with E-state index in [1.54, 1.807) is 0 Å². The molecule has 0 aliphatic rings. The molecule has 0 spiro atoms. The van der Waals surface area contributed by atoms with Crippen molar-refractivity contribution in [2.75, 3.05) is 7.05 Å². The summed E-state index contributed by atoms with van der Waals surface area (Å²) in [5.41, 5.74) is 0. The summed E-state index contributed by atoms with van der Waals surface area (Å²) in [5.74, 6) is -1.39. The maximum absolute atomic E-state index is 10.5. The number of halogens is 2. The van der Waals surface area contributed by atoms with Gasteiger partial charge in [0.1, 0.15) is 0 Å². The van der Waals surface area contributed by atoms with Crippen molar-refractivity contribution in [1.82, 2.24) is 4.31 Å². The molecule has 0 aliphatic heterocycles. The monoisotopic (exact) mass is 219 g/mol. The SMILES string of the molecule is CN(C(=O)C(=O)Cl)S(=O)(=O)Cl. The van der Waals surface area contributed by atoms with Crippen LogP contribution in [0.25, 0.3) is 0 Å². The van der Waals surface area contributed by atoms with E-state index in [0.29, 0.717) is 0 Å². The molecule has 0 saturated heterocycles. The third kappa shape index (κ3) is 3.04. The van der Waals surface area contributed by atoms with E-state index < -0.39 is 20.4 Å². The van der Waals surface area contributed by atoms with Crippen LogP contribution < -0.4 is 0 Å². The first kappa shape index (κ1) is 10.7. The first-order valence-corrected chi connectivity index (χ1v) is 4.83. The van der Waals surface area contributed by atoms with E-state index in [1.165, 1.54) is 0 Å². The Balaban J connectivity index is 4.66. The molecule has 0 unspecified atom stereocenters. The topological polar surface area (TPSA) is 71.5 Å². The number of hydrogen-bond donors (Lipinski definition) is 0. The molecule has 0 heterocycles. The van der Waals surface area contributed by atoms with Crippen LogP contribution in [0.1, 0.15) is 0 Å². The Morgan fingerprint density at radius 1 is 1.36 bits per heavy atom. The molecule has 0 aliphatic carbocycles. The third-order valence-corrected chi connectivity index (χ3v) is 2.38. The van der Waals surface area contributed by atoms with Gasteiger partial charge in [-0.05, 0) is 11.6 Å². The van der Waals surface area contributed by atoms with E-state index in [9.17, 15) is 18.0 Å². The number of carbonyl (C=O) groups excluding carboxylic acids is 2. The first-order chi connectivity index (χ1) is 4.76. The second kappa shape index (κ2) is 3.38. The van der Waals surface area contributed by atoms with Crippen molar-refractivity contribution in [3.63, 3.8) is 0 Å². The second-order valence-electron chi connectivity index (χ2n) is 1.49. The number of amides is 1. The lowest BCUT2D eigenvalue weighted by atomic mass is 10.7. The van der Waals surface area contributed by atoms with Crippen molar-refractivity contribution in [1.29, 1.82) is 0 Å². The fourth-order valence-corrected chi connectivity index (χ4v) is 0.869. The molecule has 1 amide bonds. The van der Waals surface area contributed by atoms with Crippen LogP contribution in [0.5, 0.6) is 0 Å². The second-order valence-corrected chi connectivity index (χ2v) is 4.37. The predicted octanol–water partition coefficient (Wildman–Crippen LogP) is -0.306. The summed E-state index contributed by atoms with van der Waals surface area (Å²) in [6.45, 7) is 0. The number of hydrogen-bond acceptors (Lipinski definition) is 4. The van der Waals surface area contributed by atoms with Crippen molar-refractivity contribution in [3.8, 4) is 0 Å². The molecule has 0 bridgehead atoms. The molecule has 0 rings (SSSR count). The van der Waals surface area contributed by atoms with Crippen LogP contribution in [0.2, 0.25) is 0 Å². The maximum atomic E-state index is 10.5. The molecule has 0 N–H and O–H groups in total. The van der Waals surface area contributed by atoms with E-state index in [4.69, 9.17) is 0 Å². The van der Waals surface area contributed by atoms with Gasteiger partial charge in [0.2, 0.25) is 0 Å². The van der Waals surface area contributed by atoms with Crippen molar-refractivity contribution < 1.29 is 18.0 Å². The van der Waals surface area contributed by atoms with Gasteiger partial charge in [-0.15, -0.1) is 0 Å². The van der Waals surface area contributed by atoms with Gasteiger partial charge < -0.3 is 0 Å². The molecular weight excluding hydrogens is 217 g/mol. The Bertz CT molecular complexity index is 284. The van der Waals surface area contributed by atoms with Gasteiger partial charge in [-0.2, -0.15) is 8.42 Å². The lowest BCUT2D eigenvalue weighted by Gasteiger charge is -2.08. The average molecular weight is 220 g/mol. The van der Waals surface area contributed by atoms with Crippen LogP contribution >= 0.6 is 22.3 Å². The summed E-state index contributed by atoms with van der Waals surface area (Å²) in [4.78, 5) is 20.6. The minimum Gasteiger partial charge on any atom is -0.270 e. The van der Waals surface area contributed by atoms with E-state index >= 15 is 0 Å². The molecule has 0 aromatic carbocycles. The van der Waals surface area contributed by atoms with Gasteiger partial charge in [-0.3, -0.25) is 9.59 Å². The molecule has 8 heteroatoms. The van der Waals surface area contributed by atoms with Gasteiger partial charge in [-0.1, -0.05) is 0 Å². The van der Waals surface area contributed by atoms with Crippen LogP contribution in [0, 0.1) is 0 Å². The molecular formula is C3H3Cl2NO4S. The van der Waals surface area contributed by atoms with Crippen molar-refractivity contribution >= 4 is 42.7 Å². The van der Waals surface area contributed by atoms with Gasteiger partial charge in [0, 0.05) is 17.7 Å². The number of rotatable bonds is 2. The molecule has 0 aromatic heterocycles. The number of carbonyl (C=O) groups is 2. The average Bonchev–Trinajstić information content (AvgIpc) is 1.82. The number of nitrogens with zero attached hydrogens (tertiary/aromatic N) is 1. The number of likely N-dealkylation sites (N-methyl/N-ethyl adjacent to an activating group) is 1. The van der Waals surface area contributed by atoms with Crippen LogP contribution in [0.4, 0.5) is 0 Å². The highest BCUT2D eigenvalue weighted by molar-refractivity contribution is 8.12. The van der Waals surface area contributed by atoms with Crippen LogP contribution in [0.15, 0.2) is 0 Å². The van der Waals surface area contributed by atoms with Gasteiger partial charge in [0.15, 0.2) is 0 Å². The highest BCUT2D eigenvalue weighted by Crippen LogP contribution is 2.04. The Hall–Kier alpha value is -0.330. The van der Waals surface area contributed by atoms with Crippen molar-refractivity contribution in [3.05, 3.63) is 0 Å². The van der Waals surface area contributed by atoms with Gasteiger partial charge in [0.05, 0.1) is 0 Å². The summed E-state index contributed by atoms with van der Waals surface area (Å²) in [7, 11) is 1.32. The normalized spacial score (nSPS) is 10.8. The van der Waals surface area contributed by atoms with Crippen molar-refractivity contribution in [2.45, 2.75) is 0 Å². The van der Waals surface area contributed by atoms with Crippen LogP contribution in [-0.4, -0.2) is 30.9 Å². The molecule has 5 nitrogen and oxygen atoms in total. The standard InChI is InChI=1S/C3H3Cl2NO4S/c1-6(11(5,9)10)3(8)2(4)7/h1H3. The summed E-state index contributed by atoms with van der Waals surface area (Å²) >= 11 is 4.68. The van der Waals surface area contributed by atoms with Gasteiger partial charge >= 0.3 is 20.4 Å². The largest absolute Gasteiger partial charge is 0.323 e.